The van der Waals surface area contributed by atoms with Crippen LogP contribution in [0, 0.1) is 20.8 Å². The Hall–Kier alpha value is -3.00. The van der Waals surface area contributed by atoms with Crippen molar-refractivity contribution in [3.63, 3.8) is 0 Å². The zero-order valence-corrected chi connectivity index (χ0v) is 17.6. The molecular formula is C21H23N5O2S. The molecule has 0 spiro atoms. The van der Waals surface area contributed by atoms with E-state index in [1.54, 1.807) is 7.11 Å². The number of aromatic nitrogens is 3. The number of fused-ring (bicyclic) bond motifs is 1. The average molecular weight is 410 g/mol. The van der Waals surface area contributed by atoms with E-state index >= 15 is 0 Å². The second-order valence-electron chi connectivity index (χ2n) is 7.09. The molecule has 2 aromatic carbocycles. The molecule has 1 aliphatic heterocycles. The first kappa shape index (κ1) is 19.3. The van der Waals surface area contributed by atoms with Crippen molar-refractivity contribution >= 4 is 23.4 Å². The minimum absolute atomic E-state index is 0.0813. The van der Waals surface area contributed by atoms with Crippen molar-refractivity contribution in [1.82, 2.24) is 14.9 Å². The van der Waals surface area contributed by atoms with E-state index in [0.717, 1.165) is 34.0 Å². The van der Waals surface area contributed by atoms with E-state index in [2.05, 4.69) is 27.0 Å². The molecular weight excluding hydrogens is 386 g/mol. The number of hydrogen-bond donors (Lipinski definition) is 2. The Bertz CT molecular complexity index is 1050. The molecule has 2 N–H and O–H groups in total. The monoisotopic (exact) mass is 409 g/mol. The number of benzene rings is 2. The molecule has 1 amide bonds. The quantitative estimate of drug-likeness (QED) is 0.685. The molecule has 2 heterocycles. The molecule has 29 heavy (non-hydrogen) atoms. The van der Waals surface area contributed by atoms with Gasteiger partial charge in [-0.15, -0.1) is 10.2 Å². The van der Waals surface area contributed by atoms with E-state index in [1.165, 1.54) is 11.8 Å². The van der Waals surface area contributed by atoms with Crippen LogP contribution < -0.4 is 15.5 Å². The van der Waals surface area contributed by atoms with Gasteiger partial charge in [-0.1, -0.05) is 41.6 Å². The summed E-state index contributed by atoms with van der Waals surface area (Å²) in [6, 6.07) is 13.5. The molecule has 0 bridgehead atoms. The lowest BCUT2D eigenvalue weighted by Gasteiger charge is -2.33. The van der Waals surface area contributed by atoms with Crippen LogP contribution in [0.3, 0.4) is 0 Å². The summed E-state index contributed by atoms with van der Waals surface area (Å²) in [6.07, 6.45) is 0. The van der Waals surface area contributed by atoms with Crippen molar-refractivity contribution < 1.29 is 9.53 Å². The van der Waals surface area contributed by atoms with E-state index in [9.17, 15) is 4.79 Å². The van der Waals surface area contributed by atoms with E-state index in [0.29, 0.717) is 5.16 Å². The van der Waals surface area contributed by atoms with Crippen LogP contribution in [0.1, 0.15) is 28.6 Å². The van der Waals surface area contributed by atoms with Gasteiger partial charge in [-0.2, -0.15) is 0 Å². The molecule has 3 aromatic rings. The number of hydrogen-bond acceptors (Lipinski definition) is 6. The topological polar surface area (TPSA) is 81.1 Å². The molecule has 1 aliphatic rings. The Morgan fingerprint density at radius 1 is 1.14 bits per heavy atom. The lowest BCUT2D eigenvalue weighted by Crippen LogP contribution is -2.41. The predicted molar refractivity (Wildman–Crippen MR) is 114 cm³/mol. The summed E-state index contributed by atoms with van der Waals surface area (Å²) < 4.78 is 7.10. The van der Waals surface area contributed by atoms with E-state index in [-0.39, 0.29) is 11.9 Å². The minimum atomic E-state index is -0.416. The molecule has 0 saturated heterocycles. The van der Waals surface area contributed by atoms with Gasteiger partial charge in [-0.25, -0.2) is 4.68 Å². The molecule has 2 atom stereocenters. The number of rotatable bonds is 4. The first-order valence-electron chi connectivity index (χ1n) is 9.33. The van der Waals surface area contributed by atoms with Gasteiger partial charge < -0.3 is 15.5 Å². The highest BCUT2D eigenvalue weighted by atomic mass is 32.2. The van der Waals surface area contributed by atoms with Gasteiger partial charge in [0, 0.05) is 5.69 Å². The Kier molecular flexibility index (Phi) is 5.19. The highest BCUT2D eigenvalue weighted by Gasteiger charge is 2.37. The summed E-state index contributed by atoms with van der Waals surface area (Å²) in [6.45, 7) is 5.91. The second kappa shape index (κ2) is 7.79. The number of ether oxygens (including phenoxy) is 1. The SMILES string of the molecule is COc1ccc([C@@H]2Nn3c(C)nnc3S[C@@H]2C(=O)Nc2ccc(C)cc2C)cc1. The van der Waals surface area contributed by atoms with Crippen LogP contribution in [0.15, 0.2) is 47.6 Å². The summed E-state index contributed by atoms with van der Waals surface area (Å²) in [4.78, 5) is 13.3. The number of nitrogens with one attached hydrogen (secondary N) is 2. The molecule has 8 heteroatoms. The third kappa shape index (κ3) is 3.80. The zero-order valence-electron chi connectivity index (χ0n) is 16.8. The maximum Gasteiger partial charge on any atom is 0.240 e. The van der Waals surface area contributed by atoms with E-state index in [4.69, 9.17) is 4.74 Å². The number of aryl methyl sites for hydroxylation is 3. The van der Waals surface area contributed by atoms with Crippen LogP contribution in [0.2, 0.25) is 0 Å². The lowest BCUT2D eigenvalue weighted by atomic mass is 10.0. The van der Waals surface area contributed by atoms with E-state index in [1.807, 2.05) is 61.8 Å². The second-order valence-corrected chi connectivity index (χ2v) is 8.20. The molecule has 0 fully saturated rings. The fourth-order valence-electron chi connectivity index (χ4n) is 3.38. The molecule has 0 radical (unpaired) electrons. The van der Waals surface area contributed by atoms with Crippen LogP contribution in [-0.2, 0) is 4.79 Å². The third-order valence-electron chi connectivity index (χ3n) is 4.97. The highest BCUT2D eigenvalue weighted by molar-refractivity contribution is 8.00. The normalized spacial score (nSPS) is 17.9. The summed E-state index contributed by atoms with van der Waals surface area (Å²) >= 11 is 1.41. The largest absolute Gasteiger partial charge is 0.497 e. The van der Waals surface area contributed by atoms with Gasteiger partial charge in [-0.3, -0.25) is 4.79 Å². The minimum Gasteiger partial charge on any atom is -0.497 e. The van der Waals surface area contributed by atoms with Crippen molar-refractivity contribution in [2.75, 3.05) is 17.9 Å². The van der Waals surface area contributed by atoms with Crippen LogP contribution in [0.5, 0.6) is 5.75 Å². The van der Waals surface area contributed by atoms with Gasteiger partial charge in [0.05, 0.1) is 13.2 Å². The number of amides is 1. The molecule has 1 aromatic heterocycles. The summed E-state index contributed by atoms with van der Waals surface area (Å²) in [7, 11) is 1.64. The first-order chi connectivity index (χ1) is 14.0. The smallest absolute Gasteiger partial charge is 0.240 e. The Labute approximate surface area is 173 Å². The standard InChI is InChI=1S/C21H23N5O2S/c1-12-5-10-17(13(2)11-12)22-20(27)19-18(15-6-8-16(28-4)9-7-15)25-26-14(3)23-24-21(26)29-19/h5-11,18-19,25H,1-4H3,(H,22,27)/t18-,19-/m0/s1. The van der Waals surface area contributed by atoms with Crippen molar-refractivity contribution in [3.8, 4) is 5.75 Å². The molecule has 0 aliphatic carbocycles. The number of methoxy groups -OCH3 is 1. The van der Waals surface area contributed by atoms with E-state index < -0.39 is 5.25 Å². The molecule has 7 nitrogen and oxygen atoms in total. The lowest BCUT2D eigenvalue weighted by molar-refractivity contribution is -0.116. The van der Waals surface area contributed by atoms with Gasteiger partial charge in [0.2, 0.25) is 11.1 Å². The van der Waals surface area contributed by atoms with Crippen molar-refractivity contribution in [3.05, 3.63) is 65.0 Å². The number of carbonyl (C=O) groups excluding carboxylic acids is 1. The number of carbonyl (C=O) groups is 1. The molecule has 4 rings (SSSR count). The van der Waals surface area contributed by atoms with Crippen molar-refractivity contribution in [2.24, 2.45) is 0 Å². The summed E-state index contributed by atoms with van der Waals surface area (Å²) in [5, 5.41) is 11.7. The Morgan fingerprint density at radius 3 is 2.59 bits per heavy atom. The fraction of sp³-hybridized carbons (Fsp3) is 0.286. The van der Waals surface area contributed by atoms with Crippen LogP contribution >= 0.6 is 11.8 Å². The van der Waals surface area contributed by atoms with Gasteiger partial charge in [0.1, 0.15) is 16.8 Å². The Balaban J connectivity index is 1.66. The Morgan fingerprint density at radius 2 is 1.90 bits per heavy atom. The van der Waals surface area contributed by atoms with Crippen LogP contribution in [-0.4, -0.2) is 33.1 Å². The van der Waals surface area contributed by atoms with Crippen LogP contribution in [0.4, 0.5) is 5.69 Å². The average Bonchev–Trinajstić information content (AvgIpc) is 3.09. The van der Waals surface area contributed by atoms with Crippen molar-refractivity contribution in [2.45, 2.75) is 37.2 Å². The molecule has 150 valence electrons. The van der Waals surface area contributed by atoms with Crippen LogP contribution in [0.25, 0.3) is 0 Å². The maximum atomic E-state index is 13.3. The maximum absolute atomic E-state index is 13.3. The van der Waals surface area contributed by atoms with Gasteiger partial charge in [-0.05, 0) is 50.1 Å². The molecule has 0 saturated carbocycles. The predicted octanol–water partition coefficient (Wildman–Crippen LogP) is 3.61. The number of anilines is 1. The summed E-state index contributed by atoms with van der Waals surface area (Å²) in [5.41, 5.74) is 7.41. The highest BCUT2D eigenvalue weighted by Crippen LogP contribution is 2.38. The van der Waals surface area contributed by atoms with Gasteiger partial charge in [0.25, 0.3) is 0 Å². The van der Waals surface area contributed by atoms with Gasteiger partial charge >= 0.3 is 0 Å². The number of nitrogens with zero attached hydrogens (tertiary/aromatic N) is 3. The van der Waals surface area contributed by atoms with Crippen molar-refractivity contribution in [1.29, 1.82) is 0 Å². The third-order valence-corrected chi connectivity index (χ3v) is 6.19. The summed E-state index contributed by atoms with van der Waals surface area (Å²) in [5.74, 6) is 1.44. The van der Waals surface area contributed by atoms with Gasteiger partial charge in [0.15, 0.2) is 0 Å². The molecule has 0 unspecified atom stereocenters. The number of thioether (sulfide) groups is 1. The fourth-order valence-corrected chi connectivity index (χ4v) is 4.50. The zero-order chi connectivity index (χ0) is 20.5. The first-order valence-corrected chi connectivity index (χ1v) is 10.2.